The maximum absolute atomic E-state index is 12.2. The van der Waals surface area contributed by atoms with Crippen LogP contribution in [0.1, 0.15) is 41.6 Å². The fourth-order valence-electron chi connectivity index (χ4n) is 2.66. The lowest BCUT2D eigenvalue weighted by atomic mass is 9.87. The highest BCUT2D eigenvalue weighted by Gasteiger charge is 2.23. The number of carbonyl (C=O) groups is 1. The topological polar surface area (TPSA) is 49.3 Å². The Balaban J connectivity index is 2.02. The van der Waals surface area contributed by atoms with Gasteiger partial charge >= 0.3 is 0 Å². The van der Waals surface area contributed by atoms with Crippen LogP contribution in [0.3, 0.4) is 0 Å². The molecule has 0 aromatic heterocycles. The smallest absolute Gasteiger partial charge is 0.255 e. The quantitative estimate of drug-likeness (QED) is 0.837. The summed E-state index contributed by atoms with van der Waals surface area (Å²) in [5, 5.41) is 13.8. The predicted octanol–water partition coefficient (Wildman–Crippen LogP) is 3.38. The molecule has 0 radical (unpaired) electrons. The molecule has 1 amide bonds. The van der Waals surface area contributed by atoms with Crippen LogP contribution in [0.15, 0.2) is 18.2 Å². The van der Waals surface area contributed by atoms with Crippen molar-refractivity contribution in [3.05, 3.63) is 29.3 Å². The minimum atomic E-state index is -0.165. The number of hydrogen-bond acceptors (Lipinski definition) is 2. The summed E-state index contributed by atoms with van der Waals surface area (Å²) in [7, 11) is 0. The highest BCUT2D eigenvalue weighted by molar-refractivity contribution is 9.09. The molecule has 1 aliphatic carbocycles. The Hall–Kier alpha value is -1.03. The molecular formula is C15H20BrNO2. The van der Waals surface area contributed by atoms with Gasteiger partial charge in [-0.2, -0.15) is 0 Å². The average molecular weight is 326 g/mol. The first-order valence-corrected chi connectivity index (χ1v) is 7.88. The summed E-state index contributed by atoms with van der Waals surface area (Å²) in [6.45, 7) is 1.91. The number of aryl methyl sites for hydroxylation is 1. The molecule has 0 saturated heterocycles. The molecule has 2 atom stereocenters. The molecule has 19 heavy (non-hydrogen) atoms. The summed E-state index contributed by atoms with van der Waals surface area (Å²) in [4.78, 5) is 12.2. The summed E-state index contributed by atoms with van der Waals surface area (Å²) in [5.74, 6) is 0.530. The number of rotatable bonds is 3. The second-order valence-electron chi connectivity index (χ2n) is 5.38. The van der Waals surface area contributed by atoms with Gasteiger partial charge in [-0.3, -0.25) is 4.79 Å². The van der Waals surface area contributed by atoms with Crippen molar-refractivity contribution in [2.45, 2.75) is 38.6 Å². The number of carbonyl (C=O) groups excluding carboxylic acids is 1. The molecule has 4 heteroatoms. The molecule has 2 unspecified atom stereocenters. The van der Waals surface area contributed by atoms with E-state index in [9.17, 15) is 9.90 Å². The van der Waals surface area contributed by atoms with Gasteiger partial charge in [-0.15, -0.1) is 0 Å². The second-order valence-corrected chi connectivity index (χ2v) is 6.03. The van der Waals surface area contributed by atoms with Crippen LogP contribution in [0, 0.1) is 12.8 Å². The number of alkyl halides is 1. The van der Waals surface area contributed by atoms with Crippen molar-refractivity contribution in [2.24, 2.45) is 5.92 Å². The van der Waals surface area contributed by atoms with Crippen LogP contribution >= 0.6 is 15.9 Å². The molecule has 1 fully saturated rings. The molecule has 0 heterocycles. The van der Waals surface area contributed by atoms with Gasteiger partial charge < -0.3 is 10.4 Å². The number of hydrogen-bond donors (Lipinski definition) is 2. The van der Waals surface area contributed by atoms with Crippen LogP contribution in [-0.4, -0.2) is 22.4 Å². The van der Waals surface area contributed by atoms with E-state index in [0.717, 1.165) is 30.2 Å². The minimum Gasteiger partial charge on any atom is -0.507 e. The molecular weight excluding hydrogens is 306 g/mol. The highest BCUT2D eigenvalue weighted by Crippen LogP contribution is 2.26. The third kappa shape index (κ3) is 3.72. The van der Waals surface area contributed by atoms with Crippen LogP contribution in [0.5, 0.6) is 5.75 Å². The Morgan fingerprint density at radius 1 is 1.47 bits per heavy atom. The van der Waals surface area contributed by atoms with E-state index in [1.807, 2.05) is 6.92 Å². The summed E-state index contributed by atoms with van der Waals surface area (Å²) >= 11 is 3.52. The third-order valence-corrected chi connectivity index (χ3v) is 4.65. The minimum absolute atomic E-state index is 0.0518. The number of benzene rings is 1. The van der Waals surface area contributed by atoms with Crippen LogP contribution in [-0.2, 0) is 0 Å². The van der Waals surface area contributed by atoms with Gasteiger partial charge in [0.25, 0.3) is 5.91 Å². The van der Waals surface area contributed by atoms with Gasteiger partial charge in [0.15, 0.2) is 0 Å². The van der Waals surface area contributed by atoms with E-state index < -0.39 is 0 Å². The highest BCUT2D eigenvalue weighted by atomic mass is 79.9. The first-order valence-electron chi connectivity index (χ1n) is 6.76. The van der Waals surface area contributed by atoms with Crippen molar-refractivity contribution in [3.63, 3.8) is 0 Å². The zero-order valence-electron chi connectivity index (χ0n) is 11.2. The largest absolute Gasteiger partial charge is 0.507 e. The fraction of sp³-hybridized carbons (Fsp3) is 0.533. The van der Waals surface area contributed by atoms with E-state index >= 15 is 0 Å². The van der Waals surface area contributed by atoms with Gasteiger partial charge in [-0.05, 0) is 44.2 Å². The number of nitrogens with one attached hydrogen (secondary N) is 1. The van der Waals surface area contributed by atoms with E-state index in [1.165, 1.54) is 6.42 Å². The molecule has 1 aromatic rings. The van der Waals surface area contributed by atoms with E-state index in [1.54, 1.807) is 18.2 Å². The van der Waals surface area contributed by atoms with Crippen LogP contribution in [0.2, 0.25) is 0 Å². The van der Waals surface area contributed by atoms with E-state index in [-0.39, 0.29) is 17.7 Å². The Labute approximate surface area is 122 Å². The van der Waals surface area contributed by atoms with E-state index in [2.05, 4.69) is 21.2 Å². The van der Waals surface area contributed by atoms with Crippen molar-refractivity contribution in [1.29, 1.82) is 0 Å². The lowest BCUT2D eigenvalue weighted by Crippen LogP contribution is -2.38. The summed E-state index contributed by atoms with van der Waals surface area (Å²) in [6, 6.07) is 5.33. The fourth-order valence-corrected chi connectivity index (χ4v) is 3.25. The van der Waals surface area contributed by atoms with Crippen LogP contribution in [0.25, 0.3) is 0 Å². The van der Waals surface area contributed by atoms with E-state index in [4.69, 9.17) is 0 Å². The molecule has 0 bridgehead atoms. The maximum Gasteiger partial charge on any atom is 0.255 e. The lowest BCUT2D eigenvalue weighted by Gasteiger charge is -2.28. The lowest BCUT2D eigenvalue weighted by molar-refractivity contribution is 0.0919. The van der Waals surface area contributed by atoms with Gasteiger partial charge in [-0.25, -0.2) is 0 Å². The number of halogens is 1. The normalized spacial score (nSPS) is 23.1. The van der Waals surface area contributed by atoms with Crippen LogP contribution < -0.4 is 5.32 Å². The zero-order chi connectivity index (χ0) is 13.8. The molecule has 1 aliphatic rings. The SMILES string of the molecule is Cc1ccc(O)c(C(=O)NC2CCCC(CBr)C2)c1. The molecule has 1 saturated carbocycles. The summed E-state index contributed by atoms with van der Waals surface area (Å²) < 4.78 is 0. The number of phenols is 1. The van der Waals surface area contributed by atoms with Crippen molar-refractivity contribution in [3.8, 4) is 5.75 Å². The number of amides is 1. The first-order chi connectivity index (χ1) is 9.10. The monoisotopic (exact) mass is 325 g/mol. The Kier molecular flexibility index (Phi) is 4.86. The number of aromatic hydroxyl groups is 1. The van der Waals surface area contributed by atoms with Crippen molar-refractivity contribution in [2.75, 3.05) is 5.33 Å². The molecule has 0 spiro atoms. The molecule has 2 N–H and O–H groups in total. The second kappa shape index (κ2) is 6.42. The maximum atomic E-state index is 12.2. The molecule has 0 aliphatic heterocycles. The Morgan fingerprint density at radius 2 is 2.26 bits per heavy atom. The summed E-state index contributed by atoms with van der Waals surface area (Å²) in [5.41, 5.74) is 1.35. The first kappa shape index (κ1) is 14.4. The molecule has 3 nitrogen and oxygen atoms in total. The predicted molar refractivity (Wildman–Crippen MR) is 79.9 cm³/mol. The summed E-state index contributed by atoms with van der Waals surface area (Å²) in [6.07, 6.45) is 4.43. The van der Waals surface area contributed by atoms with Crippen molar-refractivity contribution >= 4 is 21.8 Å². The van der Waals surface area contributed by atoms with Gasteiger partial charge in [0.05, 0.1) is 5.56 Å². The Morgan fingerprint density at radius 3 is 3.00 bits per heavy atom. The van der Waals surface area contributed by atoms with E-state index in [0.29, 0.717) is 11.5 Å². The Bertz CT molecular complexity index is 461. The van der Waals surface area contributed by atoms with Crippen molar-refractivity contribution in [1.82, 2.24) is 5.32 Å². The zero-order valence-corrected chi connectivity index (χ0v) is 12.7. The van der Waals surface area contributed by atoms with Gasteiger partial charge in [0.1, 0.15) is 5.75 Å². The van der Waals surface area contributed by atoms with Gasteiger partial charge in [0.2, 0.25) is 0 Å². The number of phenolic OH excluding ortho intramolecular Hbond substituents is 1. The average Bonchev–Trinajstić information content (AvgIpc) is 2.41. The van der Waals surface area contributed by atoms with Crippen LogP contribution in [0.4, 0.5) is 0 Å². The molecule has 104 valence electrons. The van der Waals surface area contributed by atoms with Gasteiger partial charge in [-0.1, -0.05) is 34.0 Å². The van der Waals surface area contributed by atoms with Crippen molar-refractivity contribution < 1.29 is 9.90 Å². The molecule has 2 rings (SSSR count). The standard InChI is InChI=1S/C15H20BrNO2/c1-10-5-6-14(18)13(7-10)15(19)17-12-4-2-3-11(8-12)9-16/h5-7,11-12,18H,2-4,8-9H2,1H3,(H,17,19). The van der Waals surface area contributed by atoms with Gasteiger partial charge in [0, 0.05) is 11.4 Å². The third-order valence-electron chi connectivity index (χ3n) is 3.73. The molecule has 1 aromatic carbocycles.